The summed E-state index contributed by atoms with van der Waals surface area (Å²) in [6.07, 6.45) is 0. The van der Waals surface area contributed by atoms with E-state index in [1.54, 1.807) is 13.0 Å². The lowest BCUT2D eigenvalue weighted by atomic mass is 10.2. The van der Waals surface area contributed by atoms with E-state index < -0.39 is 17.5 Å². The summed E-state index contributed by atoms with van der Waals surface area (Å²) in [5.74, 6) is -2.26. The maximum absolute atomic E-state index is 14.0. The molecule has 3 aromatic rings. The van der Waals surface area contributed by atoms with Crippen LogP contribution in [0.4, 0.5) is 19.1 Å². The summed E-state index contributed by atoms with van der Waals surface area (Å²) in [7, 11) is 0. The van der Waals surface area contributed by atoms with Crippen LogP contribution in [-0.4, -0.2) is 9.55 Å². The van der Waals surface area contributed by atoms with Crippen LogP contribution in [0.25, 0.3) is 16.7 Å². The summed E-state index contributed by atoms with van der Waals surface area (Å²) in [6, 6.07) is 6.27. The van der Waals surface area contributed by atoms with Crippen molar-refractivity contribution >= 4 is 17.0 Å². The predicted octanol–water partition coefficient (Wildman–Crippen LogP) is 3.33. The van der Waals surface area contributed by atoms with Crippen LogP contribution in [0.5, 0.6) is 0 Å². The summed E-state index contributed by atoms with van der Waals surface area (Å²) >= 11 is 0. The molecule has 0 unspecified atom stereocenters. The normalized spacial score (nSPS) is 11.2. The molecule has 3 rings (SSSR count). The second-order valence-corrected chi connectivity index (χ2v) is 4.52. The summed E-state index contributed by atoms with van der Waals surface area (Å²) in [6.45, 7) is 1.74. The predicted molar refractivity (Wildman–Crippen MR) is 70.1 cm³/mol. The van der Waals surface area contributed by atoms with Crippen LogP contribution >= 0.6 is 0 Å². The highest BCUT2D eigenvalue weighted by Crippen LogP contribution is 2.27. The van der Waals surface area contributed by atoms with E-state index in [9.17, 15) is 13.2 Å². The molecule has 20 heavy (non-hydrogen) atoms. The Bertz CT molecular complexity index is 824. The third kappa shape index (κ3) is 1.80. The minimum Gasteiger partial charge on any atom is -0.369 e. The van der Waals surface area contributed by atoms with E-state index in [1.807, 2.05) is 0 Å². The summed E-state index contributed by atoms with van der Waals surface area (Å²) in [4.78, 5) is 3.83. The maximum Gasteiger partial charge on any atom is 0.206 e. The highest BCUT2D eigenvalue weighted by molar-refractivity contribution is 5.81. The van der Waals surface area contributed by atoms with Gasteiger partial charge >= 0.3 is 0 Å². The first kappa shape index (κ1) is 12.5. The Balaban J connectivity index is 2.38. The molecular formula is C14H10F3N3. The van der Waals surface area contributed by atoms with Gasteiger partial charge in [0.15, 0.2) is 5.82 Å². The van der Waals surface area contributed by atoms with Crippen LogP contribution in [0.15, 0.2) is 30.3 Å². The lowest BCUT2D eigenvalue weighted by Crippen LogP contribution is -2.03. The molecular weight excluding hydrogens is 267 g/mol. The van der Waals surface area contributed by atoms with Gasteiger partial charge in [0, 0.05) is 12.1 Å². The molecule has 1 aromatic heterocycles. The molecule has 0 aliphatic carbocycles. The number of rotatable bonds is 1. The molecule has 0 fully saturated rings. The summed E-state index contributed by atoms with van der Waals surface area (Å²) in [5.41, 5.74) is 6.53. The fraction of sp³-hybridized carbons (Fsp3) is 0.0714. The topological polar surface area (TPSA) is 43.8 Å². The van der Waals surface area contributed by atoms with Crippen LogP contribution < -0.4 is 5.73 Å². The van der Waals surface area contributed by atoms with Gasteiger partial charge in [-0.05, 0) is 24.6 Å². The van der Waals surface area contributed by atoms with Gasteiger partial charge in [0.2, 0.25) is 5.95 Å². The second kappa shape index (κ2) is 4.26. The van der Waals surface area contributed by atoms with Crippen LogP contribution in [0.2, 0.25) is 0 Å². The van der Waals surface area contributed by atoms with Gasteiger partial charge in [0.25, 0.3) is 0 Å². The molecule has 102 valence electrons. The largest absolute Gasteiger partial charge is 0.369 e. The van der Waals surface area contributed by atoms with Gasteiger partial charge in [-0.1, -0.05) is 6.07 Å². The van der Waals surface area contributed by atoms with Crippen molar-refractivity contribution in [1.29, 1.82) is 0 Å². The quantitative estimate of drug-likeness (QED) is 0.741. The van der Waals surface area contributed by atoms with Crippen LogP contribution in [0.3, 0.4) is 0 Å². The minimum absolute atomic E-state index is 0.0859. The minimum atomic E-state index is -0.835. The third-order valence-corrected chi connectivity index (χ3v) is 3.05. The SMILES string of the molecule is Cc1ccc(-n2c(N)nc3c(F)cc(F)cc32)c(F)c1. The first-order valence-electron chi connectivity index (χ1n) is 5.87. The Morgan fingerprint density at radius 2 is 1.80 bits per heavy atom. The molecule has 2 aromatic carbocycles. The number of halogens is 3. The molecule has 0 radical (unpaired) electrons. The van der Waals surface area contributed by atoms with E-state index in [-0.39, 0.29) is 22.7 Å². The average Bonchev–Trinajstić information content (AvgIpc) is 2.67. The maximum atomic E-state index is 14.0. The van der Waals surface area contributed by atoms with Gasteiger partial charge in [0.1, 0.15) is 17.2 Å². The van der Waals surface area contributed by atoms with Gasteiger partial charge in [-0.2, -0.15) is 0 Å². The van der Waals surface area contributed by atoms with Crippen molar-refractivity contribution in [1.82, 2.24) is 9.55 Å². The number of nitrogen functional groups attached to an aromatic ring is 1. The lowest BCUT2D eigenvalue weighted by Gasteiger charge is -2.08. The standard InChI is InChI=1S/C14H10F3N3/c1-7-2-3-11(9(16)4-7)20-12-6-8(15)5-10(17)13(12)19-14(20)18/h2-6H,1H3,(H2,18,19). The number of aryl methyl sites for hydroxylation is 1. The highest BCUT2D eigenvalue weighted by Gasteiger charge is 2.17. The molecule has 2 N–H and O–H groups in total. The van der Waals surface area contributed by atoms with Crippen molar-refractivity contribution in [2.24, 2.45) is 0 Å². The lowest BCUT2D eigenvalue weighted by molar-refractivity contribution is 0.590. The monoisotopic (exact) mass is 277 g/mol. The van der Waals surface area contributed by atoms with Gasteiger partial charge in [-0.3, -0.25) is 4.57 Å². The Kier molecular flexibility index (Phi) is 2.67. The van der Waals surface area contributed by atoms with Crippen LogP contribution in [0.1, 0.15) is 5.56 Å². The van der Waals surface area contributed by atoms with E-state index in [4.69, 9.17) is 5.73 Å². The Hall–Kier alpha value is -2.50. The third-order valence-electron chi connectivity index (χ3n) is 3.05. The molecule has 1 heterocycles. The van der Waals surface area contributed by atoms with Crippen LogP contribution in [-0.2, 0) is 0 Å². The number of anilines is 1. The first-order valence-corrected chi connectivity index (χ1v) is 5.87. The number of nitrogens with zero attached hydrogens (tertiary/aromatic N) is 2. The summed E-state index contributed by atoms with van der Waals surface area (Å²) < 4.78 is 42.2. The molecule has 3 nitrogen and oxygen atoms in total. The van der Waals surface area contributed by atoms with E-state index in [0.29, 0.717) is 6.07 Å². The van der Waals surface area contributed by atoms with Crippen molar-refractivity contribution in [2.75, 3.05) is 5.73 Å². The zero-order valence-electron chi connectivity index (χ0n) is 10.5. The number of hydrogen-bond donors (Lipinski definition) is 1. The van der Waals surface area contributed by atoms with Crippen molar-refractivity contribution in [3.63, 3.8) is 0 Å². The number of nitrogens with two attached hydrogens (primary N) is 1. The van der Waals surface area contributed by atoms with Crippen molar-refractivity contribution in [2.45, 2.75) is 6.92 Å². The molecule has 0 aliphatic rings. The van der Waals surface area contributed by atoms with Gasteiger partial charge in [0.05, 0.1) is 11.2 Å². The zero-order chi connectivity index (χ0) is 14.4. The van der Waals surface area contributed by atoms with Gasteiger partial charge in [-0.15, -0.1) is 0 Å². The fourth-order valence-corrected chi connectivity index (χ4v) is 2.17. The average molecular weight is 277 g/mol. The molecule has 0 atom stereocenters. The fourth-order valence-electron chi connectivity index (χ4n) is 2.17. The Labute approximate surface area is 112 Å². The van der Waals surface area contributed by atoms with E-state index >= 15 is 0 Å². The zero-order valence-corrected chi connectivity index (χ0v) is 10.5. The van der Waals surface area contributed by atoms with Crippen molar-refractivity contribution in [3.8, 4) is 5.69 Å². The number of aromatic nitrogens is 2. The Morgan fingerprint density at radius 3 is 2.50 bits per heavy atom. The van der Waals surface area contributed by atoms with Crippen LogP contribution in [0, 0.1) is 24.4 Å². The van der Waals surface area contributed by atoms with Gasteiger partial charge in [-0.25, -0.2) is 18.2 Å². The second-order valence-electron chi connectivity index (χ2n) is 4.52. The molecule has 0 bridgehead atoms. The smallest absolute Gasteiger partial charge is 0.206 e. The molecule has 6 heteroatoms. The van der Waals surface area contributed by atoms with E-state index in [1.165, 1.54) is 16.7 Å². The number of imidazole rings is 1. The van der Waals surface area contributed by atoms with Gasteiger partial charge < -0.3 is 5.73 Å². The summed E-state index contributed by atoms with van der Waals surface area (Å²) in [5, 5.41) is 0. The van der Waals surface area contributed by atoms with Crippen molar-refractivity contribution < 1.29 is 13.2 Å². The molecule has 0 amide bonds. The number of benzene rings is 2. The number of hydrogen-bond acceptors (Lipinski definition) is 2. The molecule has 0 saturated carbocycles. The van der Waals surface area contributed by atoms with Crippen molar-refractivity contribution in [3.05, 3.63) is 53.3 Å². The first-order chi connectivity index (χ1) is 9.47. The molecule has 0 saturated heterocycles. The molecule has 0 aliphatic heterocycles. The van der Waals surface area contributed by atoms with E-state index in [2.05, 4.69) is 4.98 Å². The Morgan fingerprint density at radius 1 is 1.05 bits per heavy atom. The molecule has 0 spiro atoms. The van der Waals surface area contributed by atoms with E-state index in [0.717, 1.165) is 11.6 Å². The highest BCUT2D eigenvalue weighted by atomic mass is 19.1. The number of fused-ring (bicyclic) bond motifs is 1.